The monoisotopic (exact) mass is 425 g/mol. The lowest BCUT2D eigenvalue weighted by Gasteiger charge is -2.36. The molecule has 9 nitrogen and oxygen atoms in total. The predicted octanol–water partition coefficient (Wildman–Crippen LogP) is 3.65. The molecule has 0 saturated carbocycles. The Bertz CT molecular complexity index is 1050. The highest BCUT2D eigenvalue weighted by molar-refractivity contribution is 5.64. The Kier molecular flexibility index (Phi) is 5.78. The third-order valence-electron chi connectivity index (χ3n) is 5.00. The van der Waals surface area contributed by atoms with Crippen LogP contribution in [-0.4, -0.2) is 48.2 Å². The smallest absolute Gasteiger partial charge is 0.373 e. The van der Waals surface area contributed by atoms with E-state index in [4.69, 9.17) is 9.47 Å². The Labute approximate surface area is 177 Å². The number of hydrogen-bond acceptors (Lipinski definition) is 8. The van der Waals surface area contributed by atoms with Crippen molar-refractivity contribution in [3.63, 3.8) is 0 Å². The molecule has 0 atom stereocenters. The highest BCUT2D eigenvalue weighted by atomic mass is 19.1. The number of rotatable bonds is 6. The molecule has 160 valence electrons. The molecule has 0 unspecified atom stereocenters. The van der Waals surface area contributed by atoms with Crippen molar-refractivity contribution in [3.05, 3.63) is 70.8 Å². The van der Waals surface area contributed by atoms with Crippen LogP contribution < -0.4 is 19.3 Å². The third kappa shape index (κ3) is 4.47. The Morgan fingerprint density at radius 3 is 2.16 bits per heavy atom. The van der Waals surface area contributed by atoms with Crippen LogP contribution in [0.25, 0.3) is 0 Å². The number of methoxy groups -OCH3 is 1. The average Bonchev–Trinajstić information content (AvgIpc) is 2.80. The summed E-state index contributed by atoms with van der Waals surface area (Å²) in [6.45, 7) is 2.25. The van der Waals surface area contributed by atoms with Crippen molar-refractivity contribution in [1.29, 1.82) is 0 Å². The van der Waals surface area contributed by atoms with Crippen molar-refractivity contribution in [2.45, 2.75) is 0 Å². The molecule has 2 heterocycles. The molecular weight excluding hydrogens is 405 g/mol. The standard InChI is InChI=1S/C21H20FN5O4/c1-30-17-6-8-18(9-7-17)31-21-19(27(28)29)20(23-14-24-21)26-12-10-25(11-13-26)16-4-2-15(22)3-5-16/h2-9,14H,10-13H2,1H3. The van der Waals surface area contributed by atoms with Crippen molar-refractivity contribution in [3.8, 4) is 17.4 Å². The fourth-order valence-corrected chi connectivity index (χ4v) is 3.40. The summed E-state index contributed by atoms with van der Waals surface area (Å²) >= 11 is 0. The number of halogens is 1. The summed E-state index contributed by atoms with van der Waals surface area (Å²) in [5.74, 6) is 0.839. The van der Waals surface area contributed by atoms with E-state index in [9.17, 15) is 14.5 Å². The Balaban J connectivity index is 1.53. The molecule has 0 N–H and O–H groups in total. The van der Waals surface area contributed by atoms with Gasteiger partial charge in [0.25, 0.3) is 0 Å². The average molecular weight is 425 g/mol. The molecule has 10 heteroatoms. The van der Waals surface area contributed by atoms with Crippen LogP contribution in [0.15, 0.2) is 54.9 Å². The fraction of sp³-hybridized carbons (Fsp3) is 0.238. The van der Waals surface area contributed by atoms with Gasteiger partial charge in [-0.25, -0.2) is 9.37 Å². The first-order valence-corrected chi connectivity index (χ1v) is 9.62. The predicted molar refractivity (Wildman–Crippen MR) is 113 cm³/mol. The molecule has 1 fully saturated rings. The van der Waals surface area contributed by atoms with Gasteiger partial charge >= 0.3 is 11.6 Å². The normalized spacial score (nSPS) is 13.7. The van der Waals surface area contributed by atoms with Gasteiger partial charge in [-0.05, 0) is 48.5 Å². The van der Waals surface area contributed by atoms with Crippen LogP contribution in [0.2, 0.25) is 0 Å². The SMILES string of the molecule is COc1ccc(Oc2ncnc(N3CCN(c4ccc(F)cc4)CC3)c2[N+](=O)[O-])cc1. The van der Waals surface area contributed by atoms with Crippen molar-refractivity contribution in [1.82, 2.24) is 9.97 Å². The quantitative estimate of drug-likeness (QED) is 0.436. The lowest BCUT2D eigenvalue weighted by atomic mass is 10.2. The minimum atomic E-state index is -0.527. The largest absolute Gasteiger partial charge is 0.497 e. The zero-order valence-corrected chi connectivity index (χ0v) is 16.8. The second-order valence-corrected chi connectivity index (χ2v) is 6.84. The number of anilines is 2. The van der Waals surface area contributed by atoms with E-state index in [1.165, 1.54) is 18.5 Å². The lowest BCUT2D eigenvalue weighted by molar-refractivity contribution is -0.385. The Hall–Kier alpha value is -3.95. The Morgan fingerprint density at radius 1 is 0.935 bits per heavy atom. The fourth-order valence-electron chi connectivity index (χ4n) is 3.40. The molecule has 1 aliphatic rings. The van der Waals surface area contributed by atoms with Crippen molar-refractivity contribution < 1.29 is 18.8 Å². The van der Waals surface area contributed by atoms with E-state index < -0.39 is 4.92 Å². The molecule has 0 aliphatic carbocycles. The van der Waals surface area contributed by atoms with Gasteiger partial charge in [0.2, 0.25) is 5.82 Å². The van der Waals surface area contributed by atoms with Crippen molar-refractivity contribution in [2.24, 2.45) is 0 Å². The molecule has 1 saturated heterocycles. The summed E-state index contributed by atoms with van der Waals surface area (Å²) in [6, 6.07) is 12.9. The first-order chi connectivity index (χ1) is 15.0. The van der Waals surface area contributed by atoms with Gasteiger partial charge in [-0.2, -0.15) is 4.98 Å². The van der Waals surface area contributed by atoms with Gasteiger partial charge in [0.05, 0.1) is 12.0 Å². The van der Waals surface area contributed by atoms with Gasteiger partial charge in [0.1, 0.15) is 23.6 Å². The number of ether oxygens (including phenoxy) is 2. The molecule has 31 heavy (non-hydrogen) atoms. The first kappa shape index (κ1) is 20.3. The van der Waals surface area contributed by atoms with Crippen LogP contribution in [0.5, 0.6) is 17.4 Å². The number of aromatic nitrogens is 2. The maximum absolute atomic E-state index is 13.2. The maximum atomic E-state index is 13.2. The third-order valence-corrected chi connectivity index (χ3v) is 5.00. The molecular formula is C21H20FN5O4. The van der Waals surface area contributed by atoms with E-state index in [0.29, 0.717) is 37.7 Å². The minimum absolute atomic E-state index is 0.124. The van der Waals surface area contributed by atoms with E-state index in [2.05, 4.69) is 14.9 Å². The maximum Gasteiger partial charge on any atom is 0.373 e. The summed E-state index contributed by atoms with van der Waals surface area (Å²) in [5.41, 5.74) is 0.621. The van der Waals surface area contributed by atoms with E-state index >= 15 is 0 Å². The van der Waals surface area contributed by atoms with E-state index in [0.717, 1.165) is 5.69 Å². The summed E-state index contributed by atoms with van der Waals surface area (Å²) in [5, 5.41) is 11.8. The first-order valence-electron chi connectivity index (χ1n) is 9.62. The molecule has 2 aromatic carbocycles. The van der Waals surface area contributed by atoms with Gasteiger partial charge in [0.15, 0.2) is 0 Å². The molecule has 0 spiro atoms. The van der Waals surface area contributed by atoms with Crippen LogP contribution in [0.1, 0.15) is 0 Å². The highest BCUT2D eigenvalue weighted by Gasteiger charge is 2.30. The molecule has 3 aromatic rings. The molecule has 1 aliphatic heterocycles. The molecule has 1 aromatic heterocycles. The summed E-state index contributed by atoms with van der Waals surface area (Å²) in [7, 11) is 1.55. The number of nitro groups is 1. The second-order valence-electron chi connectivity index (χ2n) is 6.84. The van der Waals surface area contributed by atoms with Gasteiger partial charge in [-0.1, -0.05) is 0 Å². The van der Waals surface area contributed by atoms with Crippen LogP contribution in [0.3, 0.4) is 0 Å². The van der Waals surface area contributed by atoms with Gasteiger partial charge < -0.3 is 19.3 Å². The topological polar surface area (TPSA) is 93.9 Å². The number of hydrogen-bond donors (Lipinski definition) is 0. The Morgan fingerprint density at radius 2 is 1.55 bits per heavy atom. The molecule has 0 radical (unpaired) electrons. The second kappa shape index (κ2) is 8.82. The number of benzene rings is 2. The summed E-state index contributed by atoms with van der Waals surface area (Å²) in [4.78, 5) is 23.4. The summed E-state index contributed by atoms with van der Waals surface area (Å²) in [6.07, 6.45) is 1.26. The zero-order chi connectivity index (χ0) is 21.8. The van der Waals surface area contributed by atoms with Gasteiger partial charge in [-0.3, -0.25) is 10.1 Å². The minimum Gasteiger partial charge on any atom is -0.497 e. The van der Waals surface area contributed by atoms with Crippen LogP contribution in [0.4, 0.5) is 21.6 Å². The number of piperazine rings is 1. The number of nitrogens with zero attached hydrogens (tertiary/aromatic N) is 5. The van der Waals surface area contributed by atoms with Crippen LogP contribution in [0, 0.1) is 15.9 Å². The summed E-state index contributed by atoms with van der Waals surface area (Å²) < 4.78 is 24.0. The van der Waals surface area contributed by atoms with Crippen LogP contribution in [-0.2, 0) is 0 Å². The molecule has 0 amide bonds. The van der Waals surface area contributed by atoms with Crippen molar-refractivity contribution >= 4 is 17.2 Å². The lowest BCUT2D eigenvalue weighted by Crippen LogP contribution is -2.47. The van der Waals surface area contributed by atoms with E-state index in [1.54, 1.807) is 43.5 Å². The molecule has 0 bridgehead atoms. The van der Waals surface area contributed by atoms with Crippen LogP contribution >= 0.6 is 0 Å². The van der Waals surface area contributed by atoms with Gasteiger partial charge in [0, 0.05) is 31.9 Å². The van der Waals surface area contributed by atoms with Gasteiger partial charge in [-0.15, -0.1) is 0 Å². The zero-order valence-electron chi connectivity index (χ0n) is 16.8. The van der Waals surface area contributed by atoms with E-state index in [1.807, 2.05) is 4.90 Å². The highest BCUT2D eigenvalue weighted by Crippen LogP contribution is 2.36. The van der Waals surface area contributed by atoms with Crippen molar-refractivity contribution in [2.75, 3.05) is 43.1 Å². The van der Waals surface area contributed by atoms with E-state index in [-0.39, 0.29) is 23.2 Å². The molecule has 4 rings (SSSR count).